The average Bonchev–Trinajstić information content (AvgIpc) is 3.08. The molecule has 2 heterocycles. The number of hydrogen-bond acceptors (Lipinski definition) is 4. The Bertz CT molecular complexity index is 1320. The molecule has 0 atom stereocenters. The summed E-state index contributed by atoms with van der Waals surface area (Å²) in [7, 11) is 0. The molecule has 2 amide bonds. The number of anilines is 2. The second-order valence-electron chi connectivity index (χ2n) is 6.96. The number of benzene rings is 2. The van der Waals surface area contributed by atoms with Gasteiger partial charge in [0.2, 0.25) is 0 Å². The van der Waals surface area contributed by atoms with Gasteiger partial charge in [0.15, 0.2) is 0 Å². The topological polar surface area (TPSA) is 71.1 Å². The summed E-state index contributed by atoms with van der Waals surface area (Å²) in [6.45, 7) is 3.77. The Morgan fingerprint density at radius 2 is 1.71 bits per heavy atom. The predicted molar refractivity (Wildman–Crippen MR) is 123 cm³/mol. The molecule has 0 aliphatic carbocycles. The van der Waals surface area contributed by atoms with Crippen LogP contribution in [0.2, 0.25) is 5.02 Å². The monoisotopic (exact) mass is 453 g/mol. The van der Waals surface area contributed by atoms with E-state index in [-0.39, 0.29) is 0 Å². The van der Waals surface area contributed by atoms with E-state index in [4.69, 9.17) is 11.6 Å². The molecule has 0 fully saturated rings. The standard InChI is InChI=1S/C23H17ClFN3O2S/c1-12-11-13(2)26-23-18(12)19(28-21(29)16-5-3-4-6-17(16)24)20(31-23)22(30)27-15-9-7-14(25)8-10-15/h3-11H,1-2H3,(H,27,30)(H,28,29). The van der Waals surface area contributed by atoms with Gasteiger partial charge in [0.05, 0.1) is 16.3 Å². The Morgan fingerprint density at radius 3 is 2.42 bits per heavy atom. The molecule has 0 aliphatic rings. The number of fused-ring (bicyclic) bond motifs is 1. The number of aryl methyl sites for hydroxylation is 2. The normalized spacial score (nSPS) is 10.8. The van der Waals surface area contributed by atoms with Crippen molar-refractivity contribution in [3.05, 3.63) is 87.1 Å². The maximum absolute atomic E-state index is 13.2. The summed E-state index contributed by atoms with van der Waals surface area (Å²) >= 11 is 7.35. The Morgan fingerprint density at radius 1 is 1.00 bits per heavy atom. The zero-order chi connectivity index (χ0) is 22.1. The van der Waals surface area contributed by atoms with Gasteiger partial charge in [-0.25, -0.2) is 9.37 Å². The van der Waals surface area contributed by atoms with Crippen molar-refractivity contribution < 1.29 is 14.0 Å². The fourth-order valence-corrected chi connectivity index (χ4v) is 4.64. The first-order valence-corrected chi connectivity index (χ1v) is 10.6. The van der Waals surface area contributed by atoms with Gasteiger partial charge in [-0.05, 0) is 61.9 Å². The molecule has 5 nitrogen and oxygen atoms in total. The molecular weight excluding hydrogens is 437 g/mol. The molecule has 0 bridgehead atoms. The molecule has 4 aromatic rings. The first-order chi connectivity index (χ1) is 14.8. The third kappa shape index (κ3) is 4.28. The van der Waals surface area contributed by atoms with E-state index < -0.39 is 17.6 Å². The largest absolute Gasteiger partial charge is 0.321 e. The molecule has 2 N–H and O–H groups in total. The number of pyridine rings is 1. The van der Waals surface area contributed by atoms with Crippen LogP contribution in [0.4, 0.5) is 15.8 Å². The third-order valence-electron chi connectivity index (χ3n) is 4.65. The summed E-state index contributed by atoms with van der Waals surface area (Å²) in [6, 6.07) is 14.0. The molecule has 31 heavy (non-hydrogen) atoms. The van der Waals surface area contributed by atoms with Gasteiger partial charge in [-0.2, -0.15) is 0 Å². The second kappa shape index (κ2) is 8.45. The number of carbonyl (C=O) groups is 2. The fourth-order valence-electron chi connectivity index (χ4n) is 3.27. The lowest BCUT2D eigenvalue weighted by molar-refractivity contribution is 0.102. The average molecular weight is 454 g/mol. The first-order valence-electron chi connectivity index (χ1n) is 9.37. The lowest BCUT2D eigenvalue weighted by Gasteiger charge is -2.10. The molecular formula is C23H17ClFN3O2S. The Balaban J connectivity index is 1.78. The summed E-state index contributed by atoms with van der Waals surface area (Å²) in [6.07, 6.45) is 0. The summed E-state index contributed by atoms with van der Waals surface area (Å²) in [5.74, 6) is -1.26. The molecule has 0 saturated carbocycles. The first kappa shape index (κ1) is 21.0. The van der Waals surface area contributed by atoms with Crippen molar-refractivity contribution in [2.24, 2.45) is 0 Å². The van der Waals surface area contributed by atoms with Gasteiger partial charge in [0.1, 0.15) is 15.5 Å². The molecule has 0 saturated heterocycles. The van der Waals surface area contributed by atoms with Crippen molar-refractivity contribution in [3.8, 4) is 0 Å². The van der Waals surface area contributed by atoms with Gasteiger partial charge in [-0.15, -0.1) is 11.3 Å². The van der Waals surface area contributed by atoms with E-state index in [0.717, 1.165) is 11.3 Å². The number of carbonyl (C=O) groups excluding carboxylic acids is 2. The molecule has 156 valence electrons. The number of nitrogens with zero attached hydrogens (tertiary/aromatic N) is 1. The number of rotatable bonds is 4. The third-order valence-corrected chi connectivity index (χ3v) is 6.06. The van der Waals surface area contributed by atoms with Crippen LogP contribution in [0.3, 0.4) is 0 Å². The minimum Gasteiger partial charge on any atom is -0.321 e. The maximum Gasteiger partial charge on any atom is 0.267 e. The van der Waals surface area contributed by atoms with Crippen molar-refractivity contribution >= 4 is 56.3 Å². The lowest BCUT2D eigenvalue weighted by atomic mass is 10.1. The highest BCUT2D eigenvalue weighted by Gasteiger charge is 2.24. The van der Waals surface area contributed by atoms with Gasteiger partial charge >= 0.3 is 0 Å². The van der Waals surface area contributed by atoms with Crippen LogP contribution in [-0.2, 0) is 0 Å². The summed E-state index contributed by atoms with van der Waals surface area (Å²) < 4.78 is 13.2. The van der Waals surface area contributed by atoms with E-state index in [2.05, 4.69) is 15.6 Å². The molecule has 2 aromatic carbocycles. The van der Waals surface area contributed by atoms with Crippen molar-refractivity contribution in [1.29, 1.82) is 0 Å². The smallest absolute Gasteiger partial charge is 0.267 e. The minimum absolute atomic E-state index is 0.293. The van der Waals surface area contributed by atoms with Crippen LogP contribution in [0.1, 0.15) is 31.3 Å². The van der Waals surface area contributed by atoms with Crippen LogP contribution < -0.4 is 10.6 Å². The van der Waals surface area contributed by atoms with E-state index in [1.807, 2.05) is 19.9 Å². The molecule has 0 unspecified atom stereocenters. The number of nitrogens with one attached hydrogen (secondary N) is 2. The Labute approximate surface area is 186 Å². The van der Waals surface area contributed by atoms with Gasteiger partial charge in [0.25, 0.3) is 11.8 Å². The number of hydrogen-bond donors (Lipinski definition) is 2. The van der Waals surface area contributed by atoms with E-state index in [1.165, 1.54) is 35.6 Å². The molecule has 2 aromatic heterocycles. The maximum atomic E-state index is 13.2. The van der Waals surface area contributed by atoms with Crippen molar-refractivity contribution in [2.45, 2.75) is 13.8 Å². The summed E-state index contributed by atoms with van der Waals surface area (Å²) in [4.78, 5) is 31.5. The van der Waals surface area contributed by atoms with E-state index in [0.29, 0.717) is 37.1 Å². The van der Waals surface area contributed by atoms with Crippen LogP contribution in [0, 0.1) is 19.7 Å². The highest BCUT2D eigenvalue weighted by Crippen LogP contribution is 2.38. The van der Waals surface area contributed by atoms with Crippen LogP contribution in [0.5, 0.6) is 0 Å². The Kier molecular flexibility index (Phi) is 5.71. The van der Waals surface area contributed by atoms with E-state index in [9.17, 15) is 14.0 Å². The molecule has 0 radical (unpaired) electrons. The minimum atomic E-state index is -0.430. The predicted octanol–water partition coefficient (Wildman–Crippen LogP) is 6.21. The Hall–Kier alpha value is -3.29. The second-order valence-corrected chi connectivity index (χ2v) is 8.37. The van der Waals surface area contributed by atoms with Crippen LogP contribution in [0.15, 0.2) is 54.6 Å². The van der Waals surface area contributed by atoms with E-state index >= 15 is 0 Å². The molecule has 8 heteroatoms. The van der Waals surface area contributed by atoms with Crippen molar-refractivity contribution in [3.63, 3.8) is 0 Å². The fraction of sp³-hybridized carbons (Fsp3) is 0.0870. The number of halogens is 2. The SMILES string of the molecule is Cc1cc(C)c2c(NC(=O)c3ccccc3Cl)c(C(=O)Nc3ccc(F)cc3)sc2n1. The van der Waals surface area contributed by atoms with Gasteiger partial charge < -0.3 is 10.6 Å². The molecule has 0 spiro atoms. The zero-order valence-corrected chi connectivity index (χ0v) is 18.2. The lowest BCUT2D eigenvalue weighted by Crippen LogP contribution is -2.17. The van der Waals surface area contributed by atoms with Gasteiger partial charge in [-0.1, -0.05) is 23.7 Å². The van der Waals surface area contributed by atoms with Crippen LogP contribution in [-0.4, -0.2) is 16.8 Å². The summed E-state index contributed by atoms with van der Waals surface area (Å²) in [5.41, 5.74) is 2.79. The number of aromatic nitrogens is 1. The van der Waals surface area contributed by atoms with Crippen molar-refractivity contribution in [1.82, 2.24) is 4.98 Å². The van der Waals surface area contributed by atoms with Crippen LogP contribution >= 0.6 is 22.9 Å². The van der Waals surface area contributed by atoms with Crippen molar-refractivity contribution in [2.75, 3.05) is 10.6 Å². The van der Waals surface area contributed by atoms with E-state index in [1.54, 1.807) is 24.3 Å². The zero-order valence-electron chi connectivity index (χ0n) is 16.6. The highest BCUT2D eigenvalue weighted by molar-refractivity contribution is 7.21. The van der Waals surface area contributed by atoms with Gasteiger partial charge in [0, 0.05) is 16.8 Å². The molecule has 4 rings (SSSR count). The quantitative estimate of drug-likeness (QED) is 0.386. The highest BCUT2D eigenvalue weighted by atomic mass is 35.5. The number of amides is 2. The number of thiophene rings is 1. The van der Waals surface area contributed by atoms with Crippen LogP contribution in [0.25, 0.3) is 10.2 Å². The molecule has 0 aliphatic heterocycles. The van der Waals surface area contributed by atoms with Gasteiger partial charge in [-0.3, -0.25) is 9.59 Å². The summed E-state index contributed by atoms with van der Waals surface area (Å²) in [5, 5.41) is 6.60.